The number of halogens is 2. The minimum absolute atomic E-state index is 0.0279. The molecule has 3 N–H and O–H groups in total. The van der Waals surface area contributed by atoms with Gasteiger partial charge in [-0.1, -0.05) is 0 Å². The molecule has 8 heteroatoms. The Morgan fingerprint density at radius 2 is 2.10 bits per heavy atom. The maximum absolute atomic E-state index is 13.7. The largest absolute Gasteiger partial charge is 0.399 e. The number of anilines is 1. The van der Waals surface area contributed by atoms with Crippen molar-refractivity contribution in [3.8, 4) is 0 Å². The minimum atomic E-state index is -4.11. The van der Waals surface area contributed by atoms with Gasteiger partial charge in [-0.15, -0.1) is 0 Å². The van der Waals surface area contributed by atoms with E-state index < -0.39 is 26.6 Å². The summed E-state index contributed by atoms with van der Waals surface area (Å²) in [4.78, 5) is -0.736. The highest BCUT2D eigenvalue weighted by Crippen LogP contribution is 2.29. The SMILES string of the molecule is Nc1cc(F)c(F)c(S(=O)(=O)N2CCC(CCO)C2)c1. The van der Waals surface area contributed by atoms with Crippen LogP contribution in [-0.2, 0) is 10.0 Å². The number of benzene rings is 1. The van der Waals surface area contributed by atoms with Gasteiger partial charge in [-0.2, -0.15) is 4.31 Å². The van der Waals surface area contributed by atoms with Gasteiger partial charge in [0.05, 0.1) is 0 Å². The van der Waals surface area contributed by atoms with Crippen molar-refractivity contribution in [2.45, 2.75) is 17.7 Å². The van der Waals surface area contributed by atoms with Crippen LogP contribution in [-0.4, -0.2) is 37.5 Å². The first-order valence-electron chi connectivity index (χ1n) is 6.21. The van der Waals surface area contributed by atoms with Crippen LogP contribution in [0.4, 0.5) is 14.5 Å². The van der Waals surface area contributed by atoms with Crippen LogP contribution in [0.2, 0.25) is 0 Å². The quantitative estimate of drug-likeness (QED) is 0.811. The van der Waals surface area contributed by atoms with Crippen LogP contribution in [0.3, 0.4) is 0 Å². The number of sulfonamides is 1. The van der Waals surface area contributed by atoms with Gasteiger partial charge < -0.3 is 10.8 Å². The van der Waals surface area contributed by atoms with Crippen LogP contribution >= 0.6 is 0 Å². The molecule has 1 aromatic carbocycles. The van der Waals surface area contributed by atoms with Crippen molar-refractivity contribution < 1.29 is 22.3 Å². The molecule has 0 bridgehead atoms. The number of hydrogen-bond donors (Lipinski definition) is 2. The van der Waals surface area contributed by atoms with Gasteiger partial charge in [0.2, 0.25) is 10.0 Å². The third-order valence-corrected chi connectivity index (χ3v) is 5.29. The van der Waals surface area contributed by atoms with Gasteiger partial charge in [-0.25, -0.2) is 17.2 Å². The molecule has 1 heterocycles. The Kier molecular flexibility index (Phi) is 4.26. The van der Waals surface area contributed by atoms with Crippen molar-refractivity contribution in [2.75, 3.05) is 25.4 Å². The molecule has 0 saturated carbocycles. The standard InChI is InChI=1S/C12H16F2N2O3S/c13-10-5-9(15)6-11(12(10)14)20(18,19)16-3-1-8(7-16)2-4-17/h5-6,8,17H,1-4,7,15H2. The van der Waals surface area contributed by atoms with Crippen molar-refractivity contribution in [3.63, 3.8) is 0 Å². The molecule has 0 aromatic heterocycles. The number of nitrogen functional groups attached to an aromatic ring is 1. The monoisotopic (exact) mass is 306 g/mol. The van der Waals surface area contributed by atoms with Gasteiger partial charge >= 0.3 is 0 Å². The van der Waals surface area contributed by atoms with Crippen LogP contribution in [0.15, 0.2) is 17.0 Å². The highest BCUT2D eigenvalue weighted by atomic mass is 32.2. The predicted octanol–water partition coefficient (Wildman–Crippen LogP) is 0.940. The molecule has 1 aliphatic heterocycles. The average molecular weight is 306 g/mol. The summed E-state index contributed by atoms with van der Waals surface area (Å²) in [6.45, 7) is 0.390. The maximum Gasteiger partial charge on any atom is 0.246 e. The molecule has 1 aromatic rings. The lowest BCUT2D eigenvalue weighted by molar-refractivity contribution is 0.259. The second-order valence-electron chi connectivity index (χ2n) is 4.84. The van der Waals surface area contributed by atoms with E-state index in [1.54, 1.807) is 0 Å². The van der Waals surface area contributed by atoms with E-state index >= 15 is 0 Å². The second kappa shape index (κ2) is 5.63. The van der Waals surface area contributed by atoms with Crippen LogP contribution in [0.1, 0.15) is 12.8 Å². The molecule has 1 fully saturated rings. The number of hydrogen-bond acceptors (Lipinski definition) is 4. The molecule has 0 amide bonds. The van der Waals surface area contributed by atoms with E-state index in [9.17, 15) is 17.2 Å². The maximum atomic E-state index is 13.7. The molecule has 20 heavy (non-hydrogen) atoms. The van der Waals surface area contributed by atoms with Gasteiger partial charge in [-0.3, -0.25) is 0 Å². The Morgan fingerprint density at radius 1 is 1.40 bits per heavy atom. The van der Waals surface area contributed by atoms with Crippen LogP contribution in [0, 0.1) is 17.6 Å². The van der Waals surface area contributed by atoms with E-state index in [0.717, 1.165) is 16.4 Å². The zero-order valence-corrected chi connectivity index (χ0v) is 11.5. The van der Waals surface area contributed by atoms with Gasteiger partial charge in [0.25, 0.3) is 0 Å². The van der Waals surface area contributed by atoms with E-state index in [2.05, 4.69) is 0 Å². The summed E-state index contributed by atoms with van der Waals surface area (Å²) in [5.41, 5.74) is 5.23. The Bertz CT molecular complexity index is 607. The van der Waals surface area contributed by atoms with E-state index in [1.165, 1.54) is 0 Å². The van der Waals surface area contributed by atoms with Crippen molar-refractivity contribution >= 4 is 15.7 Å². The summed E-state index contributed by atoms with van der Waals surface area (Å²) in [7, 11) is -4.11. The fourth-order valence-corrected chi connectivity index (χ4v) is 3.98. The van der Waals surface area contributed by atoms with Crippen LogP contribution in [0.25, 0.3) is 0 Å². The number of aliphatic hydroxyl groups is 1. The molecule has 112 valence electrons. The molecule has 0 aliphatic carbocycles. The summed E-state index contributed by atoms with van der Waals surface area (Å²) in [6.07, 6.45) is 1.08. The Labute approximate surface area is 116 Å². The summed E-state index contributed by atoms with van der Waals surface area (Å²) in [5, 5.41) is 8.86. The smallest absolute Gasteiger partial charge is 0.246 e. The van der Waals surface area contributed by atoms with E-state index in [0.29, 0.717) is 12.8 Å². The molecular formula is C12H16F2N2O3S. The zero-order chi connectivity index (χ0) is 14.9. The first-order chi connectivity index (χ1) is 9.36. The third-order valence-electron chi connectivity index (χ3n) is 3.42. The highest BCUT2D eigenvalue weighted by molar-refractivity contribution is 7.89. The highest BCUT2D eigenvalue weighted by Gasteiger charge is 2.34. The summed E-state index contributed by atoms with van der Waals surface area (Å²) in [6, 6.07) is 1.67. The number of nitrogens with two attached hydrogens (primary N) is 1. The first kappa shape index (κ1) is 15.1. The minimum Gasteiger partial charge on any atom is -0.399 e. The van der Waals surface area contributed by atoms with Crippen molar-refractivity contribution in [3.05, 3.63) is 23.8 Å². The van der Waals surface area contributed by atoms with E-state index in [-0.39, 0.29) is 31.3 Å². The van der Waals surface area contributed by atoms with Crippen molar-refractivity contribution in [1.29, 1.82) is 0 Å². The molecule has 1 unspecified atom stereocenters. The summed E-state index contributed by atoms with van der Waals surface area (Å²) >= 11 is 0. The number of rotatable bonds is 4. The molecule has 0 radical (unpaired) electrons. The molecular weight excluding hydrogens is 290 g/mol. The van der Waals surface area contributed by atoms with Gasteiger partial charge in [-0.05, 0) is 30.9 Å². The van der Waals surface area contributed by atoms with Crippen molar-refractivity contribution in [2.24, 2.45) is 5.92 Å². The Balaban J connectivity index is 2.32. The van der Waals surface area contributed by atoms with Gasteiger partial charge in [0.1, 0.15) is 4.90 Å². The topological polar surface area (TPSA) is 83.6 Å². The predicted molar refractivity (Wildman–Crippen MR) is 69.3 cm³/mol. The summed E-state index contributed by atoms with van der Waals surface area (Å²) in [5.74, 6) is -2.66. The molecule has 0 spiro atoms. The molecule has 1 aliphatic rings. The molecule has 5 nitrogen and oxygen atoms in total. The molecule has 2 rings (SSSR count). The van der Waals surface area contributed by atoms with Crippen LogP contribution in [0.5, 0.6) is 0 Å². The van der Waals surface area contributed by atoms with E-state index in [1.807, 2.05) is 0 Å². The van der Waals surface area contributed by atoms with Gasteiger partial charge in [0, 0.05) is 25.4 Å². The number of nitrogens with zero attached hydrogens (tertiary/aromatic N) is 1. The summed E-state index contributed by atoms with van der Waals surface area (Å²) < 4.78 is 52.7. The second-order valence-corrected chi connectivity index (χ2v) is 6.75. The lowest BCUT2D eigenvalue weighted by atomic mass is 10.1. The van der Waals surface area contributed by atoms with Crippen molar-refractivity contribution in [1.82, 2.24) is 4.31 Å². The number of aliphatic hydroxyl groups excluding tert-OH is 1. The van der Waals surface area contributed by atoms with E-state index in [4.69, 9.17) is 10.8 Å². The molecule has 1 saturated heterocycles. The Hall–Kier alpha value is -1.25. The fraction of sp³-hybridized carbons (Fsp3) is 0.500. The molecule has 1 atom stereocenters. The third kappa shape index (κ3) is 2.77. The van der Waals surface area contributed by atoms with Crippen LogP contribution < -0.4 is 5.73 Å². The lowest BCUT2D eigenvalue weighted by Crippen LogP contribution is -2.30. The van der Waals surface area contributed by atoms with Gasteiger partial charge in [0.15, 0.2) is 11.6 Å². The zero-order valence-electron chi connectivity index (χ0n) is 10.7. The lowest BCUT2D eigenvalue weighted by Gasteiger charge is -2.17. The Morgan fingerprint density at radius 3 is 2.75 bits per heavy atom. The average Bonchev–Trinajstić information content (AvgIpc) is 2.83. The normalized spacial score (nSPS) is 20.4. The first-order valence-corrected chi connectivity index (χ1v) is 7.65. The fourth-order valence-electron chi connectivity index (χ4n) is 2.34.